The standard InChI is InChI=1S/C19H22INO3S/c1-13(2)24-18-15-11-8-12-16(20)17(15)25(22,23)21(18)19(3,4)14-9-6-5-7-10-14/h5-13,18H,1-4H3. The molecule has 1 unspecified atom stereocenters. The Morgan fingerprint density at radius 3 is 2.32 bits per heavy atom. The normalized spacial score (nSPS) is 20.0. The molecular weight excluding hydrogens is 449 g/mol. The highest BCUT2D eigenvalue weighted by molar-refractivity contribution is 14.1. The van der Waals surface area contributed by atoms with Gasteiger partial charge in [-0.2, -0.15) is 4.31 Å². The molecule has 2 aromatic rings. The molecule has 1 aliphatic rings. The van der Waals surface area contributed by atoms with Gasteiger partial charge in [0.25, 0.3) is 0 Å². The van der Waals surface area contributed by atoms with Gasteiger partial charge in [0.05, 0.1) is 11.6 Å². The van der Waals surface area contributed by atoms with E-state index in [4.69, 9.17) is 4.74 Å². The lowest BCUT2D eigenvalue weighted by atomic mass is 9.93. The molecule has 1 aliphatic heterocycles. The molecule has 0 aromatic heterocycles. The summed E-state index contributed by atoms with van der Waals surface area (Å²) < 4.78 is 35.2. The van der Waals surface area contributed by atoms with Gasteiger partial charge in [-0.3, -0.25) is 0 Å². The zero-order valence-electron chi connectivity index (χ0n) is 14.7. The lowest BCUT2D eigenvalue weighted by Gasteiger charge is -2.38. The molecule has 1 heterocycles. The molecule has 2 aromatic carbocycles. The second-order valence-corrected chi connectivity index (χ2v) is 9.84. The monoisotopic (exact) mass is 471 g/mol. The SMILES string of the molecule is CC(C)OC1c2cccc(I)c2S(=O)(=O)N1C(C)(C)c1ccccc1. The minimum atomic E-state index is -3.68. The fourth-order valence-corrected chi connectivity index (χ4v) is 6.75. The molecule has 0 aliphatic carbocycles. The van der Waals surface area contributed by atoms with E-state index in [2.05, 4.69) is 22.6 Å². The Labute approximate surface area is 163 Å². The summed E-state index contributed by atoms with van der Waals surface area (Å²) in [6, 6.07) is 15.2. The minimum absolute atomic E-state index is 0.0990. The van der Waals surface area contributed by atoms with Gasteiger partial charge in [-0.25, -0.2) is 8.42 Å². The molecule has 0 bridgehead atoms. The number of fused-ring (bicyclic) bond motifs is 1. The summed E-state index contributed by atoms with van der Waals surface area (Å²) in [5.74, 6) is 0. The number of nitrogens with zero attached hydrogens (tertiary/aromatic N) is 1. The van der Waals surface area contributed by atoms with E-state index in [0.29, 0.717) is 10.5 Å². The number of hydrogen-bond donors (Lipinski definition) is 0. The topological polar surface area (TPSA) is 46.6 Å². The molecule has 0 radical (unpaired) electrons. The van der Waals surface area contributed by atoms with Crippen LogP contribution in [0, 0.1) is 3.57 Å². The van der Waals surface area contributed by atoms with Gasteiger partial charge in [0.2, 0.25) is 10.0 Å². The van der Waals surface area contributed by atoms with Gasteiger partial charge in [-0.15, -0.1) is 0 Å². The smallest absolute Gasteiger partial charge is 0.247 e. The second-order valence-electron chi connectivity index (χ2n) is 6.92. The molecule has 0 saturated heterocycles. The van der Waals surface area contributed by atoms with E-state index in [1.807, 2.05) is 76.2 Å². The predicted octanol–water partition coefficient (Wildman–Crippen LogP) is 4.65. The number of halogens is 1. The highest BCUT2D eigenvalue weighted by atomic mass is 127. The molecule has 4 nitrogen and oxygen atoms in total. The molecule has 0 N–H and O–H groups in total. The van der Waals surface area contributed by atoms with Gasteiger partial charge in [0.15, 0.2) is 6.23 Å². The Balaban J connectivity index is 2.23. The van der Waals surface area contributed by atoms with Crippen molar-refractivity contribution in [2.45, 2.75) is 50.5 Å². The Bertz CT molecular complexity index is 879. The lowest BCUT2D eigenvalue weighted by molar-refractivity contribution is -0.0812. The highest BCUT2D eigenvalue weighted by Gasteiger charge is 2.52. The van der Waals surface area contributed by atoms with Crippen LogP contribution in [0.1, 0.15) is 45.0 Å². The summed E-state index contributed by atoms with van der Waals surface area (Å²) >= 11 is 2.09. The van der Waals surface area contributed by atoms with E-state index >= 15 is 0 Å². The van der Waals surface area contributed by atoms with Gasteiger partial charge in [0.1, 0.15) is 4.90 Å². The second kappa shape index (κ2) is 6.64. The van der Waals surface area contributed by atoms with Crippen molar-refractivity contribution in [3.8, 4) is 0 Å². The van der Waals surface area contributed by atoms with Crippen LogP contribution in [0.5, 0.6) is 0 Å². The molecule has 134 valence electrons. The van der Waals surface area contributed by atoms with Crippen molar-refractivity contribution in [3.63, 3.8) is 0 Å². The molecular formula is C19H22INO3S. The van der Waals surface area contributed by atoms with E-state index in [-0.39, 0.29) is 6.10 Å². The van der Waals surface area contributed by atoms with Gasteiger partial charge in [-0.1, -0.05) is 42.5 Å². The zero-order valence-corrected chi connectivity index (χ0v) is 17.7. The van der Waals surface area contributed by atoms with Crippen LogP contribution in [0.4, 0.5) is 0 Å². The summed E-state index contributed by atoms with van der Waals surface area (Å²) in [5.41, 5.74) is 0.894. The Morgan fingerprint density at radius 2 is 1.72 bits per heavy atom. The molecule has 6 heteroatoms. The number of hydrogen-bond acceptors (Lipinski definition) is 3. The van der Waals surface area contributed by atoms with Crippen molar-refractivity contribution in [3.05, 3.63) is 63.2 Å². The molecule has 25 heavy (non-hydrogen) atoms. The third kappa shape index (κ3) is 3.13. The summed E-state index contributed by atoms with van der Waals surface area (Å²) in [6.45, 7) is 7.70. The summed E-state index contributed by atoms with van der Waals surface area (Å²) in [7, 11) is -3.68. The first kappa shape index (κ1) is 18.8. The Morgan fingerprint density at radius 1 is 1.08 bits per heavy atom. The van der Waals surface area contributed by atoms with Crippen LogP contribution < -0.4 is 0 Å². The third-order valence-electron chi connectivity index (χ3n) is 4.43. The Kier molecular flexibility index (Phi) is 5.00. The summed E-state index contributed by atoms with van der Waals surface area (Å²) in [4.78, 5) is 0.366. The van der Waals surface area contributed by atoms with Crippen molar-refractivity contribution < 1.29 is 13.2 Å². The maximum absolute atomic E-state index is 13.5. The first-order chi connectivity index (χ1) is 11.7. The van der Waals surface area contributed by atoms with Crippen molar-refractivity contribution in [2.24, 2.45) is 0 Å². The minimum Gasteiger partial charge on any atom is -0.355 e. The molecule has 0 fully saturated rings. The summed E-state index contributed by atoms with van der Waals surface area (Å²) in [6.07, 6.45) is -0.733. The Hall–Kier alpha value is -0.960. The van der Waals surface area contributed by atoms with Crippen molar-refractivity contribution >= 4 is 32.6 Å². The molecule has 0 spiro atoms. The van der Waals surface area contributed by atoms with Gasteiger partial charge in [0, 0.05) is 9.13 Å². The molecule has 0 amide bonds. The van der Waals surface area contributed by atoms with Crippen LogP contribution in [-0.4, -0.2) is 18.8 Å². The van der Waals surface area contributed by atoms with E-state index < -0.39 is 21.8 Å². The first-order valence-corrected chi connectivity index (χ1v) is 10.7. The van der Waals surface area contributed by atoms with Crippen molar-refractivity contribution in [1.29, 1.82) is 0 Å². The van der Waals surface area contributed by atoms with E-state index in [9.17, 15) is 8.42 Å². The number of benzene rings is 2. The lowest BCUT2D eigenvalue weighted by Crippen LogP contribution is -2.45. The van der Waals surface area contributed by atoms with Crippen LogP contribution in [0.15, 0.2) is 53.4 Å². The molecule has 0 saturated carbocycles. The van der Waals surface area contributed by atoms with E-state index in [0.717, 1.165) is 9.13 Å². The average Bonchev–Trinajstić information content (AvgIpc) is 2.76. The fourth-order valence-electron chi connectivity index (χ4n) is 3.30. The van der Waals surface area contributed by atoms with Gasteiger partial charge >= 0.3 is 0 Å². The predicted molar refractivity (Wildman–Crippen MR) is 107 cm³/mol. The van der Waals surface area contributed by atoms with Crippen LogP contribution in [0.25, 0.3) is 0 Å². The first-order valence-electron chi connectivity index (χ1n) is 8.21. The molecule has 1 atom stereocenters. The quantitative estimate of drug-likeness (QED) is 0.610. The number of rotatable bonds is 4. The van der Waals surface area contributed by atoms with E-state index in [1.165, 1.54) is 4.31 Å². The largest absolute Gasteiger partial charge is 0.355 e. The maximum atomic E-state index is 13.5. The van der Waals surface area contributed by atoms with E-state index in [1.54, 1.807) is 0 Å². The van der Waals surface area contributed by atoms with Crippen molar-refractivity contribution in [1.82, 2.24) is 4.31 Å². The van der Waals surface area contributed by atoms with Crippen molar-refractivity contribution in [2.75, 3.05) is 0 Å². The molecule has 3 rings (SSSR count). The van der Waals surface area contributed by atoms with Crippen LogP contribution >= 0.6 is 22.6 Å². The van der Waals surface area contributed by atoms with Crippen LogP contribution in [0.2, 0.25) is 0 Å². The zero-order chi connectivity index (χ0) is 18.4. The summed E-state index contributed by atoms with van der Waals surface area (Å²) in [5, 5.41) is 0. The average molecular weight is 471 g/mol. The van der Waals surface area contributed by atoms with Crippen LogP contribution in [-0.2, 0) is 20.3 Å². The number of sulfonamides is 1. The fraction of sp³-hybridized carbons (Fsp3) is 0.368. The highest BCUT2D eigenvalue weighted by Crippen LogP contribution is 2.49. The van der Waals surface area contributed by atoms with Crippen LogP contribution in [0.3, 0.4) is 0 Å². The maximum Gasteiger partial charge on any atom is 0.247 e. The van der Waals surface area contributed by atoms with Gasteiger partial charge < -0.3 is 4.74 Å². The van der Waals surface area contributed by atoms with Gasteiger partial charge in [-0.05, 0) is 61.9 Å². The third-order valence-corrected chi connectivity index (χ3v) is 7.83. The number of ether oxygens (including phenoxy) is 1.